The number of ether oxygens (including phenoxy) is 1. The van der Waals surface area contributed by atoms with Crippen molar-refractivity contribution in [3.05, 3.63) is 34.9 Å². The van der Waals surface area contributed by atoms with Crippen LogP contribution >= 0.6 is 11.6 Å². The van der Waals surface area contributed by atoms with Crippen molar-refractivity contribution in [3.63, 3.8) is 0 Å². The Morgan fingerprint density at radius 2 is 1.67 bits per heavy atom. The third kappa shape index (κ3) is 7.46. The Labute approximate surface area is 164 Å². The minimum absolute atomic E-state index is 0.127. The fourth-order valence-corrected chi connectivity index (χ4v) is 3.20. The summed E-state index contributed by atoms with van der Waals surface area (Å²) in [4.78, 5) is 37.4. The summed E-state index contributed by atoms with van der Waals surface area (Å²) in [5.41, 5.74) is 5.87. The van der Waals surface area contributed by atoms with E-state index in [9.17, 15) is 14.4 Å². The molecule has 1 saturated heterocycles. The topological polar surface area (TPSA) is 102 Å². The summed E-state index contributed by atoms with van der Waals surface area (Å²) < 4.78 is 5.14. The van der Waals surface area contributed by atoms with E-state index in [-0.39, 0.29) is 18.9 Å². The van der Waals surface area contributed by atoms with Crippen molar-refractivity contribution >= 4 is 29.5 Å². The Hall–Kier alpha value is -2.28. The number of nitrogens with one attached hydrogen (secondary N) is 1. The van der Waals surface area contributed by atoms with Crippen LogP contribution in [0.25, 0.3) is 0 Å². The summed E-state index contributed by atoms with van der Waals surface area (Å²) >= 11 is 5.86. The number of rotatable bonds is 6. The number of halogens is 1. The molecule has 1 fully saturated rings. The number of esters is 1. The van der Waals surface area contributed by atoms with E-state index in [2.05, 4.69) is 5.32 Å². The number of nitrogens with zero attached hydrogens (tertiary/aromatic N) is 1. The van der Waals surface area contributed by atoms with Crippen LogP contribution < -0.4 is 11.1 Å². The molecule has 0 bridgehead atoms. The van der Waals surface area contributed by atoms with Gasteiger partial charge in [0.05, 0.1) is 12.5 Å². The third-order valence-electron chi connectivity index (χ3n) is 4.53. The number of hydrogen-bond acceptors (Lipinski definition) is 4. The van der Waals surface area contributed by atoms with Crippen LogP contribution in [0.4, 0.5) is 4.79 Å². The molecule has 1 aromatic rings. The zero-order valence-corrected chi connectivity index (χ0v) is 16.0. The van der Waals surface area contributed by atoms with Crippen LogP contribution in [0.15, 0.2) is 24.3 Å². The lowest BCUT2D eigenvalue weighted by Crippen LogP contribution is -2.38. The van der Waals surface area contributed by atoms with E-state index < -0.39 is 18.0 Å². The maximum Gasteiger partial charge on any atom is 0.312 e. The van der Waals surface area contributed by atoms with E-state index >= 15 is 0 Å². The van der Waals surface area contributed by atoms with E-state index in [1.54, 1.807) is 29.2 Å². The highest BCUT2D eigenvalue weighted by Crippen LogP contribution is 2.20. The Morgan fingerprint density at radius 3 is 2.26 bits per heavy atom. The van der Waals surface area contributed by atoms with Gasteiger partial charge in [-0.3, -0.25) is 9.59 Å². The molecule has 2 rings (SSSR count). The van der Waals surface area contributed by atoms with Crippen molar-refractivity contribution in [1.82, 2.24) is 10.2 Å². The molecule has 27 heavy (non-hydrogen) atoms. The smallest absolute Gasteiger partial charge is 0.312 e. The highest BCUT2D eigenvalue weighted by molar-refractivity contribution is 6.30. The lowest BCUT2D eigenvalue weighted by Gasteiger charge is -2.24. The molecule has 0 aromatic heterocycles. The van der Waals surface area contributed by atoms with Crippen LogP contribution in [0.5, 0.6) is 0 Å². The number of primary amides is 1. The van der Waals surface area contributed by atoms with Crippen LogP contribution in [0, 0.1) is 0 Å². The van der Waals surface area contributed by atoms with Gasteiger partial charge in [0.25, 0.3) is 5.91 Å². The van der Waals surface area contributed by atoms with Crippen LogP contribution in [0.2, 0.25) is 5.02 Å². The zero-order valence-electron chi connectivity index (χ0n) is 15.3. The molecule has 1 aliphatic heterocycles. The number of likely N-dealkylation sites (tertiary alicyclic amines) is 1. The van der Waals surface area contributed by atoms with Gasteiger partial charge in [0, 0.05) is 18.1 Å². The molecule has 8 heteroatoms. The van der Waals surface area contributed by atoms with Gasteiger partial charge in [-0.15, -0.1) is 0 Å². The molecule has 0 radical (unpaired) electrons. The van der Waals surface area contributed by atoms with Gasteiger partial charge in [0.1, 0.15) is 0 Å². The first-order valence-electron chi connectivity index (χ1n) is 9.20. The van der Waals surface area contributed by atoms with Gasteiger partial charge in [-0.05, 0) is 30.5 Å². The van der Waals surface area contributed by atoms with Gasteiger partial charge < -0.3 is 20.7 Å². The van der Waals surface area contributed by atoms with Gasteiger partial charge >= 0.3 is 12.0 Å². The number of carbonyl (C=O) groups excluding carboxylic acids is 3. The van der Waals surface area contributed by atoms with Gasteiger partial charge in [-0.25, -0.2) is 4.79 Å². The fraction of sp³-hybridized carbons (Fsp3) is 0.526. The Bertz CT molecular complexity index is 643. The average molecular weight is 396 g/mol. The first-order valence-corrected chi connectivity index (χ1v) is 9.58. The number of nitrogens with two attached hydrogens (primary N) is 1. The van der Waals surface area contributed by atoms with Crippen LogP contribution in [0.1, 0.15) is 50.1 Å². The van der Waals surface area contributed by atoms with Crippen LogP contribution in [-0.2, 0) is 14.3 Å². The zero-order chi connectivity index (χ0) is 19.6. The van der Waals surface area contributed by atoms with E-state index in [0.29, 0.717) is 23.7 Å². The molecule has 0 aliphatic carbocycles. The van der Waals surface area contributed by atoms with Crippen molar-refractivity contribution in [1.29, 1.82) is 0 Å². The van der Waals surface area contributed by atoms with E-state index in [0.717, 1.165) is 25.7 Å². The molecule has 1 aromatic carbocycles. The predicted octanol–water partition coefficient (Wildman–Crippen LogP) is 2.78. The van der Waals surface area contributed by atoms with Gasteiger partial charge in [0.2, 0.25) is 0 Å². The second-order valence-electron chi connectivity index (χ2n) is 6.63. The fourth-order valence-electron chi connectivity index (χ4n) is 3.07. The lowest BCUT2D eigenvalue weighted by molar-refractivity contribution is -0.152. The highest BCUT2D eigenvalue weighted by Gasteiger charge is 2.21. The molecule has 148 valence electrons. The van der Waals surface area contributed by atoms with Crippen LogP contribution in [-0.4, -0.2) is 42.5 Å². The first-order chi connectivity index (χ1) is 13.0. The van der Waals surface area contributed by atoms with Gasteiger partial charge in [0.15, 0.2) is 6.61 Å². The van der Waals surface area contributed by atoms with E-state index in [4.69, 9.17) is 22.1 Å². The molecular weight excluding hydrogens is 370 g/mol. The summed E-state index contributed by atoms with van der Waals surface area (Å²) in [6.07, 6.45) is 5.26. The normalized spacial score (nSPS) is 16.0. The van der Waals surface area contributed by atoms with Crippen molar-refractivity contribution in [2.75, 3.05) is 19.7 Å². The number of carbonyl (C=O) groups is 3. The average Bonchev–Trinajstić information content (AvgIpc) is 2.59. The molecule has 7 nitrogen and oxygen atoms in total. The third-order valence-corrected chi connectivity index (χ3v) is 4.78. The van der Waals surface area contributed by atoms with E-state index in [1.165, 1.54) is 6.42 Å². The number of benzene rings is 1. The summed E-state index contributed by atoms with van der Waals surface area (Å²) in [7, 11) is 0. The minimum Gasteiger partial charge on any atom is -0.455 e. The number of hydrogen-bond donors (Lipinski definition) is 2. The standard InChI is InChI=1S/C19H26ClN3O4/c20-15-8-6-14(7-9-15)16(22-19(21)26)12-18(25)27-13-17(24)23-10-4-2-1-3-5-11-23/h6-9,16H,1-5,10-13H2,(H3,21,22,26)/t16-/m0/s1. The second kappa shape index (κ2) is 10.8. The van der Waals surface area contributed by atoms with Crippen molar-refractivity contribution in [2.45, 2.75) is 44.6 Å². The molecule has 1 aliphatic rings. The quantitative estimate of drug-likeness (QED) is 0.723. The Kier molecular flexibility index (Phi) is 8.39. The number of amides is 3. The predicted molar refractivity (Wildman–Crippen MR) is 102 cm³/mol. The maximum atomic E-state index is 12.3. The largest absolute Gasteiger partial charge is 0.455 e. The first kappa shape index (κ1) is 21.0. The van der Waals surface area contributed by atoms with Gasteiger partial charge in [-0.1, -0.05) is 43.0 Å². The molecule has 3 N–H and O–H groups in total. The second-order valence-corrected chi connectivity index (χ2v) is 7.06. The molecule has 0 unspecified atom stereocenters. The monoisotopic (exact) mass is 395 g/mol. The highest BCUT2D eigenvalue weighted by atomic mass is 35.5. The minimum atomic E-state index is -0.751. The molecular formula is C19H26ClN3O4. The van der Waals surface area contributed by atoms with Crippen molar-refractivity contribution in [3.8, 4) is 0 Å². The molecule has 1 atom stereocenters. The Balaban J connectivity index is 1.87. The molecule has 1 heterocycles. The summed E-state index contributed by atoms with van der Waals surface area (Å²) in [6, 6.07) is 5.30. The maximum absolute atomic E-state index is 12.3. The number of urea groups is 1. The van der Waals surface area contributed by atoms with E-state index in [1.807, 2.05) is 0 Å². The SMILES string of the molecule is NC(=O)N[C@@H](CC(=O)OCC(=O)N1CCCCCCC1)c1ccc(Cl)cc1. The van der Waals surface area contributed by atoms with Crippen LogP contribution in [0.3, 0.4) is 0 Å². The van der Waals surface area contributed by atoms with Crippen molar-refractivity contribution in [2.24, 2.45) is 5.73 Å². The summed E-state index contributed by atoms with van der Waals surface area (Å²) in [5.74, 6) is -0.764. The molecule has 3 amide bonds. The van der Waals surface area contributed by atoms with Gasteiger partial charge in [-0.2, -0.15) is 0 Å². The Morgan fingerprint density at radius 1 is 1.07 bits per heavy atom. The molecule has 0 spiro atoms. The summed E-state index contributed by atoms with van der Waals surface area (Å²) in [6.45, 7) is 1.11. The molecule has 0 saturated carbocycles. The van der Waals surface area contributed by atoms with Crippen molar-refractivity contribution < 1.29 is 19.1 Å². The summed E-state index contributed by atoms with van der Waals surface area (Å²) in [5, 5.41) is 3.05. The lowest BCUT2D eigenvalue weighted by atomic mass is 10.0.